The molecule has 224 valence electrons. The van der Waals surface area contributed by atoms with Gasteiger partial charge >= 0.3 is 0 Å². The van der Waals surface area contributed by atoms with Crippen molar-refractivity contribution >= 4 is 39.1 Å². The van der Waals surface area contributed by atoms with Crippen LogP contribution in [0.4, 0.5) is 5.69 Å². The smallest absolute Gasteiger partial charge is 0.264 e. The molecule has 0 heterocycles. The quantitative estimate of drug-likeness (QED) is 0.307. The van der Waals surface area contributed by atoms with Crippen LogP contribution in [0.1, 0.15) is 38.2 Å². The molecule has 0 radical (unpaired) electrons. The van der Waals surface area contributed by atoms with Gasteiger partial charge in [0.15, 0.2) is 0 Å². The van der Waals surface area contributed by atoms with Gasteiger partial charge in [-0.2, -0.15) is 0 Å². The van der Waals surface area contributed by atoms with Crippen LogP contribution in [-0.2, 0) is 26.2 Å². The van der Waals surface area contributed by atoms with Crippen molar-refractivity contribution in [3.8, 4) is 11.5 Å². The maximum absolute atomic E-state index is 14.2. The third-order valence-electron chi connectivity index (χ3n) is 7.38. The molecular weight excluding hydrogens is 578 g/mol. The first kappa shape index (κ1) is 31.2. The van der Waals surface area contributed by atoms with E-state index >= 15 is 0 Å². The highest BCUT2D eigenvalue weighted by atomic mass is 35.5. The monoisotopic (exact) mass is 613 g/mol. The molecule has 1 saturated carbocycles. The van der Waals surface area contributed by atoms with Gasteiger partial charge in [-0.3, -0.25) is 13.9 Å². The summed E-state index contributed by atoms with van der Waals surface area (Å²) in [7, 11) is -1.30. The van der Waals surface area contributed by atoms with Crippen molar-refractivity contribution in [2.24, 2.45) is 0 Å². The number of carbonyl (C=O) groups excluding carboxylic acids is 2. The molecule has 9 nitrogen and oxygen atoms in total. The summed E-state index contributed by atoms with van der Waals surface area (Å²) in [6, 6.07) is 18.7. The molecule has 0 unspecified atom stereocenters. The summed E-state index contributed by atoms with van der Waals surface area (Å²) in [5.41, 5.74) is 0.826. The minimum absolute atomic E-state index is 0.00815. The fraction of sp³-hybridized carbons (Fsp3) is 0.355. The lowest BCUT2D eigenvalue weighted by molar-refractivity contribution is -0.139. The van der Waals surface area contributed by atoms with Gasteiger partial charge in [0, 0.05) is 17.6 Å². The highest BCUT2D eigenvalue weighted by molar-refractivity contribution is 7.92. The van der Waals surface area contributed by atoms with E-state index in [4.69, 9.17) is 21.1 Å². The number of hydrogen-bond donors (Lipinski definition) is 1. The van der Waals surface area contributed by atoms with E-state index < -0.39 is 28.5 Å². The lowest BCUT2D eigenvalue weighted by Crippen LogP contribution is -2.52. The van der Waals surface area contributed by atoms with Gasteiger partial charge in [-0.1, -0.05) is 54.8 Å². The fourth-order valence-electron chi connectivity index (χ4n) is 5.03. The standard InChI is InChI=1S/C31H36ClN3O6S/c1-22(31(37)33-25-11-7-8-12-25)34(20-23-10-9-13-26(18-23)40-2)30(36)21-35(28-19-24(32)16-17-29(28)41-3)42(38,39)27-14-5-4-6-15-27/h4-6,9-10,13-19,22,25H,7-8,11-12,20-21H2,1-3H3,(H,33,37)/t22-/m1/s1. The highest BCUT2D eigenvalue weighted by Crippen LogP contribution is 2.35. The molecule has 1 N–H and O–H groups in total. The number of ether oxygens (including phenoxy) is 2. The zero-order valence-electron chi connectivity index (χ0n) is 24.0. The molecule has 42 heavy (non-hydrogen) atoms. The van der Waals surface area contributed by atoms with Crippen LogP contribution < -0.4 is 19.1 Å². The largest absolute Gasteiger partial charge is 0.497 e. The van der Waals surface area contributed by atoms with Gasteiger partial charge in [0.2, 0.25) is 11.8 Å². The van der Waals surface area contributed by atoms with Gasteiger partial charge in [0.1, 0.15) is 24.1 Å². The second kappa shape index (κ2) is 13.9. The van der Waals surface area contributed by atoms with Gasteiger partial charge in [-0.15, -0.1) is 0 Å². The average Bonchev–Trinajstić information content (AvgIpc) is 3.51. The number of amides is 2. The number of carbonyl (C=O) groups is 2. The lowest BCUT2D eigenvalue weighted by atomic mass is 10.1. The van der Waals surface area contributed by atoms with Crippen LogP contribution in [0.25, 0.3) is 0 Å². The molecule has 2 amide bonds. The van der Waals surface area contributed by atoms with E-state index in [1.54, 1.807) is 62.6 Å². The van der Waals surface area contributed by atoms with E-state index in [2.05, 4.69) is 5.32 Å². The summed E-state index contributed by atoms with van der Waals surface area (Å²) in [5, 5.41) is 3.33. The normalized spacial score (nSPS) is 14.2. The van der Waals surface area contributed by atoms with E-state index in [9.17, 15) is 18.0 Å². The molecule has 0 aromatic heterocycles. The molecule has 4 rings (SSSR count). The second-order valence-corrected chi connectivity index (χ2v) is 12.5. The van der Waals surface area contributed by atoms with Crippen LogP contribution in [0.15, 0.2) is 77.7 Å². The van der Waals surface area contributed by atoms with Crippen molar-refractivity contribution in [2.75, 3.05) is 25.1 Å². The van der Waals surface area contributed by atoms with Crippen molar-refractivity contribution < 1.29 is 27.5 Å². The molecule has 0 bridgehead atoms. The van der Waals surface area contributed by atoms with Crippen LogP contribution in [0.3, 0.4) is 0 Å². The minimum Gasteiger partial charge on any atom is -0.497 e. The number of sulfonamides is 1. The first-order valence-electron chi connectivity index (χ1n) is 13.8. The van der Waals surface area contributed by atoms with Crippen molar-refractivity contribution in [1.29, 1.82) is 0 Å². The average molecular weight is 614 g/mol. The SMILES string of the molecule is COc1cccc(CN(C(=O)CN(c2cc(Cl)ccc2OC)S(=O)(=O)c2ccccc2)[C@H](C)C(=O)NC2CCCC2)c1. The third-order valence-corrected chi connectivity index (χ3v) is 9.38. The number of hydrogen-bond acceptors (Lipinski definition) is 6. The predicted molar refractivity (Wildman–Crippen MR) is 162 cm³/mol. The Bertz CT molecular complexity index is 1500. The van der Waals surface area contributed by atoms with Crippen LogP contribution in [-0.4, -0.2) is 58.0 Å². The number of methoxy groups -OCH3 is 2. The number of rotatable bonds is 12. The number of benzene rings is 3. The molecule has 0 saturated heterocycles. The van der Waals surface area contributed by atoms with Crippen molar-refractivity contribution in [2.45, 2.75) is 56.1 Å². The van der Waals surface area contributed by atoms with Gasteiger partial charge < -0.3 is 19.7 Å². The van der Waals surface area contributed by atoms with Gasteiger partial charge in [-0.25, -0.2) is 8.42 Å². The Morgan fingerprint density at radius 2 is 1.69 bits per heavy atom. The minimum atomic E-state index is -4.25. The number of nitrogens with zero attached hydrogens (tertiary/aromatic N) is 2. The number of anilines is 1. The molecule has 1 fully saturated rings. The highest BCUT2D eigenvalue weighted by Gasteiger charge is 2.34. The van der Waals surface area contributed by atoms with Crippen LogP contribution in [0.5, 0.6) is 11.5 Å². The Morgan fingerprint density at radius 1 is 0.976 bits per heavy atom. The Balaban J connectivity index is 1.73. The summed E-state index contributed by atoms with van der Waals surface area (Å²) >= 11 is 6.28. The van der Waals surface area contributed by atoms with E-state index in [0.29, 0.717) is 5.75 Å². The van der Waals surface area contributed by atoms with Gasteiger partial charge in [0.25, 0.3) is 10.0 Å². The first-order chi connectivity index (χ1) is 20.1. The Labute approximate surface area is 252 Å². The van der Waals surface area contributed by atoms with Crippen LogP contribution in [0, 0.1) is 0 Å². The molecule has 11 heteroatoms. The molecule has 3 aromatic carbocycles. The van der Waals surface area contributed by atoms with E-state index in [-0.39, 0.29) is 39.8 Å². The molecule has 0 aliphatic heterocycles. The molecule has 1 aliphatic carbocycles. The van der Waals surface area contributed by atoms with E-state index in [1.807, 2.05) is 6.07 Å². The second-order valence-electron chi connectivity index (χ2n) is 10.2. The maximum atomic E-state index is 14.2. The van der Waals surface area contributed by atoms with Crippen LogP contribution >= 0.6 is 11.6 Å². The Morgan fingerprint density at radius 3 is 2.36 bits per heavy atom. The summed E-state index contributed by atoms with van der Waals surface area (Å²) in [6.07, 6.45) is 3.86. The van der Waals surface area contributed by atoms with E-state index in [0.717, 1.165) is 35.6 Å². The van der Waals surface area contributed by atoms with Crippen molar-refractivity contribution in [3.63, 3.8) is 0 Å². The number of halogens is 1. The van der Waals surface area contributed by atoms with Gasteiger partial charge in [0.05, 0.1) is 24.8 Å². The summed E-state index contributed by atoms with van der Waals surface area (Å²) < 4.78 is 39.8. The molecule has 0 spiro atoms. The Hall–Kier alpha value is -3.76. The van der Waals surface area contributed by atoms with Crippen molar-refractivity contribution in [1.82, 2.24) is 10.2 Å². The molecule has 3 aromatic rings. The summed E-state index contributed by atoms with van der Waals surface area (Å²) in [4.78, 5) is 28.9. The third kappa shape index (κ3) is 7.35. The van der Waals surface area contributed by atoms with Gasteiger partial charge in [-0.05, 0) is 67.8 Å². The maximum Gasteiger partial charge on any atom is 0.264 e. The zero-order valence-corrected chi connectivity index (χ0v) is 25.5. The Kier molecular flexibility index (Phi) is 10.3. The summed E-state index contributed by atoms with van der Waals surface area (Å²) in [6.45, 7) is 1.11. The molecule has 1 atom stereocenters. The fourth-order valence-corrected chi connectivity index (χ4v) is 6.64. The van der Waals surface area contributed by atoms with E-state index in [1.165, 1.54) is 30.2 Å². The lowest BCUT2D eigenvalue weighted by Gasteiger charge is -2.33. The first-order valence-corrected chi connectivity index (χ1v) is 15.6. The topological polar surface area (TPSA) is 105 Å². The molecular formula is C31H36ClN3O6S. The number of nitrogens with one attached hydrogen (secondary N) is 1. The summed E-state index contributed by atoms with van der Waals surface area (Å²) in [5.74, 6) is -0.0534. The zero-order chi connectivity index (χ0) is 30.3. The van der Waals surface area contributed by atoms with Crippen LogP contribution in [0.2, 0.25) is 5.02 Å². The van der Waals surface area contributed by atoms with Crippen molar-refractivity contribution in [3.05, 3.63) is 83.4 Å². The predicted octanol–water partition coefficient (Wildman–Crippen LogP) is 5.03. The molecule has 1 aliphatic rings.